The number of hydrogen-bond acceptors (Lipinski definition) is 3. The van der Waals surface area contributed by atoms with E-state index < -0.39 is 10.0 Å². The Morgan fingerprint density at radius 3 is 2.41 bits per heavy atom. The van der Waals surface area contributed by atoms with Gasteiger partial charge in [0.05, 0.1) is 4.90 Å². The molecule has 27 heavy (non-hydrogen) atoms. The minimum atomic E-state index is -3.51. The lowest BCUT2D eigenvalue weighted by atomic mass is 9.75. The van der Waals surface area contributed by atoms with Gasteiger partial charge >= 0.3 is 0 Å². The summed E-state index contributed by atoms with van der Waals surface area (Å²) in [4.78, 5) is 15.2. The van der Waals surface area contributed by atoms with Gasteiger partial charge in [-0.25, -0.2) is 8.42 Å². The number of piperidine rings is 2. The Balaban J connectivity index is 1.51. The molecule has 1 saturated carbocycles. The van der Waals surface area contributed by atoms with Gasteiger partial charge in [0.15, 0.2) is 0 Å². The van der Waals surface area contributed by atoms with Crippen LogP contribution in [0.1, 0.15) is 61.7 Å². The van der Waals surface area contributed by atoms with Crippen LogP contribution in [-0.4, -0.2) is 49.7 Å². The normalized spacial score (nSPS) is 27.2. The highest BCUT2D eigenvalue weighted by Gasteiger charge is 2.33. The Hall–Kier alpha value is -1.40. The van der Waals surface area contributed by atoms with Gasteiger partial charge in [-0.15, -0.1) is 0 Å². The summed E-state index contributed by atoms with van der Waals surface area (Å²) in [5.41, 5.74) is 0.502. The van der Waals surface area contributed by atoms with Gasteiger partial charge in [-0.1, -0.05) is 31.7 Å². The maximum atomic E-state index is 13.0. The van der Waals surface area contributed by atoms with Gasteiger partial charge in [0.1, 0.15) is 0 Å². The number of benzene rings is 1. The summed E-state index contributed by atoms with van der Waals surface area (Å²) in [7, 11) is -3.51. The first-order chi connectivity index (χ1) is 13.1. The van der Waals surface area contributed by atoms with Crippen LogP contribution in [-0.2, 0) is 10.0 Å². The van der Waals surface area contributed by atoms with Crippen molar-refractivity contribution in [1.29, 1.82) is 0 Å². The van der Waals surface area contributed by atoms with Crippen molar-refractivity contribution in [2.24, 2.45) is 11.8 Å². The van der Waals surface area contributed by atoms with Gasteiger partial charge in [-0.05, 0) is 55.7 Å². The van der Waals surface area contributed by atoms with Crippen LogP contribution in [0.15, 0.2) is 29.2 Å². The third-order valence-corrected chi connectivity index (χ3v) is 8.51. The van der Waals surface area contributed by atoms with Gasteiger partial charge in [-0.3, -0.25) is 4.79 Å². The molecule has 148 valence electrons. The van der Waals surface area contributed by atoms with Gasteiger partial charge in [0.25, 0.3) is 5.91 Å². The maximum absolute atomic E-state index is 13.0. The van der Waals surface area contributed by atoms with Crippen LogP contribution in [0.5, 0.6) is 0 Å². The van der Waals surface area contributed by atoms with Gasteiger partial charge < -0.3 is 4.90 Å². The summed E-state index contributed by atoms with van der Waals surface area (Å²) in [5.74, 6) is 1.38. The van der Waals surface area contributed by atoms with Crippen LogP contribution in [0.4, 0.5) is 0 Å². The molecule has 1 aliphatic carbocycles. The number of carbonyl (C=O) groups is 1. The second-order valence-corrected chi connectivity index (χ2v) is 10.3. The van der Waals surface area contributed by atoms with Crippen molar-refractivity contribution in [2.75, 3.05) is 26.2 Å². The predicted octanol–water partition coefficient (Wildman–Crippen LogP) is 3.51. The van der Waals surface area contributed by atoms with Crippen molar-refractivity contribution in [3.8, 4) is 0 Å². The number of nitrogens with zero attached hydrogens (tertiary/aromatic N) is 2. The van der Waals surface area contributed by atoms with E-state index >= 15 is 0 Å². The molecule has 0 spiro atoms. The molecular weight excluding hydrogens is 360 g/mol. The van der Waals surface area contributed by atoms with E-state index in [0.29, 0.717) is 24.6 Å². The molecule has 0 unspecified atom stereocenters. The van der Waals surface area contributed by atoms with E-state index in [2.05, 4.69) is 0 Å². The highest BCUT2D eigenvalue weighted by Crippen LogP contribution is 2.36. The predicted molar refractivity (Wildman–Crippen MR) is 105 cm³/mol. The van der Waals surface area contributed by atoms with Crippen LogP contribution in [0.2, 0.25) is 0 Å². The third-order valence-electron chi connectivity index (χ3n) is 6.61. The minimum Gasteiger partial charge on any atom is -0.338 e. The number of amides is 1. The molecule has 3 fully saturated rings. The Kier molecular flexibility index (Phi) is 5.55. The molecule has 0 N–H and O–H groups in total. The molecule has 0 radical (unpaired) electrons. The van der Waals surface area contributed by atoms with Crippen molar-refractivity contribution in [2.45, 2.75) is 56.3 Å². The molecule has 1 aromatic rings. The number of fused-ring (bicyclic) bond motifs is 1. The van der Waals surface area contributed by atoms with Crippen LogP contribution < -0.4 is 0 Å². The van der Waals surface area contributed by atoms with Crippen molar-refractivity contribution in [3.63, 3.8) is 0 Å². The Morgan fingerprint density at radius 1 is 0.889 bits per heavy atom. The number of sulfonamides is 1. The zero-order chi connectivity index (χ0) is 18.9. The zero-order valence-corrected chi connectivity index (χ0v) is 16.8. The first-order valence-electron chi connectivity index (χ1n) is 10.5. The first-order valence-corrected chi connectivity index (χ1v) is 11.9. The first kappa shape index (κ1) is 18.9. The number of likely N-dealkylation sites (tertiary alicyclic amines) is 1. The topological polar surface area (TPSA) is 57.7 Å². The van der Waals surface area contributed by atoms with E-state index in [9.17, 15) is 13.2 Å². The second kappa shape index (κ2) is 7.92. The Morgan fingerprint density at radius 2 is 1.63 bits per heavy atom. The summed E-state index contributed by atoms with van der Waals surface area (Å²) in [6, 6.07) is 6.66. The lowest BCUT2D eigenvalue weighted by Crippen LogP contribution is -2.44. The highest BCUT2D eigenvalue weighted by atomic mass is 32.2. The number of rotatable bonds is 3. The molecular formula is C21H30N2O3S. The molecule has 3 aliphatic rings. The van der Waals surface area contributed by atoms with E-state index in [1.54, 1.807) is 28.6 Å². The lowest BCUT2D eigenvalue weighted by molar-refractivity contribution is 0.0520. The van der Waals surface area contributed by atoms with Crippen molar-refractivity contribution in [1.82, 2.24) is 9.21 Å². The van der Waals surface area contributed by atoms with Gasteiger partial charge in [0.2, 0.25) is 10.0 Å². The molecule has 2 saturated heterocycles. The fraction of sp³-hybridized carbons (Fsp3) is 0.667. The van der Waals surface area contributed by atoms with E-state index in [0.717, 1.165) is 44.7 Å². The second-order valence-electron chi connectivity index (χ2n) is 8.34. The molecule has 0 aromatic heterocycles. The molecule has 2 aliphatic heterocycles. The molecule has 2 atom stereocenters. The minimum absolute atomic E-state index is 0.0188. The molecule has 1 aromatic carbocycles. The average molecular weight is 391 g/mol. The maximum Gasteiger partial charge on any atom is 0.253 e. The summed E-state index contributed by atoms with van der Waals surface area (Å²) >= 11 is 0. The molecule has 5 nitrogen and oxygen atoms in total. The van der Waals surface area contributed by atoms with E-state index in [4.69, 9.17) is 0 Å². The standard InChI is InChI=1S/C21H30N2O3S/c24-21(22-14-11-17-7-2-3-8-19(17)16-22)18-9-6-10-20(15-18)27(25,26)23-12-4-1-5-13-23/h6,9-10,15,17,19H,1-5,7-8,11-14,16H2/t17-,19+/m0/s1. The largest absolute Gasteiger partial charge is 0.338 e. The van der Waals surface area contributed by atoms with Crippen molar-refractivity contribution in [3.05, 3.63) is 29.8 Å². The summed E-state index contributed by atoms with van der Waals surface area (Å²) in [6.45, 7) is 2.78. The van der Waals surface area contributed by atoms with Crippen LogP contribution >= 0.6 is 0 Å². The zero-order valence-electron chi connectivity index (χ0n) is 16.0. The molecule has 2 heterocycles. The van der Waals surface area contributed by atoms with Crippen LogP contribution in [0.3, 0.4) is 0 Å². The molecule has 6 heteroatoms. The summed E-state index contributed by atoms with van der Waals surface area (Å²) in [5, 5.41) is 0. The van der Waals surface area contributed by atoms with Gasteiger partial charge in [-0.2, -0.15) is 4.31 Å². The van der Waals surface area contributed by atoms with Crippen LogP contribution in [0, 0.1) is 11.8 Å². The van der Waals surface area contributed by atoms with E-state index in [1.165, 1.54) is 25.7 Å². The monoisotopic (exact) mass is 390 g/mol. The van der Waals surface area contributed by atoms with Gasteiger partial charge in [0, 0.05) is 31.7 Å². The van der Waals surface area contributed by atoms with Crippen LogP contribution in [0.25, 0.3) is 0 Å². The third kappa shape index (κ3) is 3.92. The Labute approximate surface area is 162 Å². The number of hydrogen-bond donors (Lipinski definition) is 0. The lowest BCUT2D eigenvalue weighted by Gasteiger charge is -2.41. The SMILES string of the molecule is O=C(c1cccc(S(=O)(=O)N2CCCCC2)c1)N1CC[C@@H]2CCCC[C@@H]2C1. The Bertz CT molecular complexity index is 786. The average Bonchev–Trinajstić information content (AvgIpc) is 2.73. The fourth-order valence-electron chi connectivity index (χ4n) is 5.01. The summed E-state index contributed by atoms with van der Waals surface area (Å²) < 4.78 is 27.4. The smallest absolute Gasteiger partial charge is 0.253 e. The molecule has 0 bridgehead atoms. The quantitative estimate of drug-likeness (QED) is 0.793. The van der Waals surface area contributed by atoms with E-state index in [1.807, 2.05) is 4.90 Å². The molecule has 4 rings (SSSR count). The van der Waals surface area contributed by atoms with Crippen molar-refractivity contribution < 1.29 is 13.2 Å². The number of carbonyl (C=O) groups excluding carboxylic acids is 1. The molecule has 1 amide bonds. The summed E-state index contributed by atoms with van der Waals surface area (Å²) in [6.07, 6.45) is 9.11. The fourth-order valence-corrected chi connectivity index (χ4v) is 6.58. The highest BCUT2D eigenvalue weighted by molar-refractivity contribution is 7.89. The van der Waals surface area contributed by atoms with E-state index in [-0.39, 0.29) is 10.8 Å². The van der Waals surface area contributed by atoms with Crippen molar-refractivity contribution >= 4 is 15.9 Å².